The number of nitrogen functional groups attached to an aromatic ring is 1. The van der Waals surface area contributed by atoms with Gasteiger partial charge in [0.25, 0.3) is 0 Å². The maximum Gasteiger partial charge on any atom is 0.231 e. The third-order valence-electron chi connectivity index (χ3n) is 3.72. The van der Waals surface area contributed by atoms with E-state index >= 15 is 0 Å². The molecule has 4 rings (SSSR count). The average Bonchev–Trinajstić information content (AvgIpc) is 3.16. The van der Waals surface area contributed by atoms with Crippen LogP contribution in [-0.2, 0) is 12.8 Å². The number of nitrogens with zero attached hydrogens (tertiary/aromatic N) is 1. The van der Waals surface area contributed by atoms with Crippen LogP contribution < -0.4 is 5.73 Å². The van der Waals surface area contributed by atoms with Crippen LogP contribution in [0.2, 0.25) is 0 Å². The lowest BCUT2D eigenvalue weighted by Crippen LogP contribution is -1.96. The molecule has 3 heterocycles. The minimum absolute atomic E-state index is 0.411. The van der Waals surface area contributed by atoms with Crippen LogP contribution in [0.4, 0.5) is 5.88 Å². The molecule has 0 saturated carbocycles. The summed E-state index contributed by atoms with van der Waals surface area (Å²) in [6.07, 6.45) is 4.97. The van der Waals surface area contributed by atoms with Crippen LogP contribution in [0.25, 0.3) is 21.0 Å². The van der Waals surface area contributed by atoms with E-state index in [0.717, 1.165) is 16.1 Å². The van der Waals surface area contributed by atoms with E-state index in [-0.39, 0.29) is 0 Å². The SMILES string of the molecule is Nc1onc(-c2cc3c(s2)CCCC3)c1-c1cccs1. The van der Waals surface area contributed by atoms with Crippen molar-refractivity contribution in [3.05, 3.63) is 34.0 Å². The lowest BCUT2D eigenvalue weighted by Gasteiger charge is -2.08. The van der Waals surface area contributed by atoms with Crippen molar-refractivity contribution in [3.63, 3.8) is 0 Å². The molecule has 20 heavy (non-hydrogen) atoms. The molecule has 0 fully saturated rings. The zero-order valence-corrected chi connectivity index (χ0v) is 12.5. The monoisotopic (exact) mass is 302 g/mol. The molecule has 0 amide bonds. The van der Waals surface area contributed by atoms with Crippen molar-refractivity contribution in [2.45, 2.75) is 25.7 Å². The van der Waals surface area contributed by atoms with Crippen molar-refractivity contribution in [2.75, 3.05) is 5.73 Å². The Hall–Kier alpha value is -1.59. The molecule has 3 nitrogen and oxygen atoms in total. The van der Waals surface area contributed by atoms with Gasteiger partial charge >= 0.3 is 0 Å². The average molecular weight is 302 g/mol. The van der Waals surface area contributed by atoms with E-state index < -0.39 is 0 Å². The van der Waals surface area contributed by atoms with Gasteiger partial charge < -0.3 is 10.3 Å². The summed E-state index contributed by atoms with van der Waals surface area (Å²) >= 11 is 3.50. The zero-order chi connectivity index (χ0) is 13.5. The fourth-order valence-electron chi connectivity index (χ4n) is 2.74. The van der Waals surface area contributed by atoms with E-state index in [9.17, 15) is 0 Å². The molecule has 0 radical (unpaired) electrons. The standard InChI is InChI=1S/C15H14N2OS2/c16-15-13(11-6-3-7-19-11)14(17-18-15)12-8-9-4-1-2-5-10(9)20-12/h3,6-8H,1-2,4-5,16H2. The Morgan fingerprint density at radius 1 is 1.20 bits per heavy atom. The molecule has 0 bridgehead atoms. The van der Waals surface area contributed by atoms with Crippen molar-refractivity contribution in [1.82, 2.24) is 5.16 Å². The van der Waals surface area contributed by atoms with Gasteiger partial charge in [0.05, 0.1) is 10.4 Å². The lowest BCUT2D eigenvalue weighted by atomic mass is 9.99. The molecule has 0 saturated heterocycles. The fourth-order valence-corrected chi connectivity index (χ4v) is 4.75. The molecule has 5 heteroatoms. The van der Waals surface area contributed by atoms with Gasteiger partial charge in [0.2, 0.25) is 5.88 Å². The Morgan fingerprint density at radius 3 is 2.90 bits per heavy atom. The molecule has 1 aliphatic rings. The Balaban J connectivity index is 1.85. The molecular formula is C15H14N2OS2. The molecule has 102 valence electrons. The van der Waals surface area contributed by atoms with Gasteiger partial charge in [-0.05, 0) is 48.8 Å². The van der Waals surface area contributed by atoms with Crippen LogP contribution in [0.1, 0.15) is 23.3 Å². The maximum atomic E-state index is 5.97. The van der Waals surface area contributed by atoms with E-state index in [0.29, 0.717) is 5.88 Å². The third-order valence-corrected chi connectivity index (χ3v) is 5.85. The highest BCUT2D eigenvalue weighted by Crippen LogP contribution is 2.43. The van der Waals surface area contributed by atoms with E-state index in [1.807, 2.05) is 22.8 Å². The minimum Gasteiger partial charge on any atom is -0.367 e. The highest BCUT2D eigenvalue weighted by atomic mass is 32.1. The molecule has 3 aromatic rings. The van der Waals surface area contributed by atoms with Crippen LogP contribution in [0.15, 0.2) is 28.1 Å². The second-order valence-electron chi connectivity index (χ2n) is 5.01. The van der Waals surface area contributed by atoms with Crippen LogP contribution in [0.5, 0.6) is 0 Å². The van der Waals surface area contributed by atoms with Gasteiger partial charge in [-0.25, -0.2) is 0 Å². The highest BCUT2D eigenvalue weighted by molar-refractivity contribution is 7.16. The number of hydrogen-bond donors (Lipinski definition) is 1. The highest BCUT2D eigenvalue weighted by Gasteiger charge is 2.22. The summed E-state index contributed by atoms with van der Waals surface area (Å²) in [6, 6.07) is 6.35. The second-order valence-corrected chi connectivity index (χ2v) is 7.10. The summed E-state index contributed by atoms with van der Waals surface area (Å²) in [5.41, 5.74) is 9.29. The number of anilines is 1. The lowest BCUT2D eigenvalue weighted by molar-refractivity contribution is 0.439. The quantitative estimate of drug-likeness (QED) is 0.753. The van der Waals surface area contributed by atoms with E-state index in [4.69, 9.17) is 10.3 Å². The summed E-state index contributed by atoms with van der Waals surface area (Å²) in [5.74, 6) is 0.411. The van der Waals surface area contributed by atoms with Gasteiger partial charge in [-0.3, -0.25) is 0 Å². The van der Waals surface area contributed by atoms with Crippen LogP contribution >= 0.6 is 22.7 Å². The summed E-state index contributed by atoms with van der Waals surface area (Å²) in [4.78, 5) is 3.80. The van der Waals surface area contributed by atoms with Crippen molar-refractivity contribution < 1.29 is 4.52 Å². The number of hydrogen-bond acceptors (Lipinski definition) is 5. The number of aryl methyl sites for hydroxylation is 2. The van der Waals surface area contributed by atoms with Gasteiger partial charge in [0, 0.05) is 9.75 Å². The van der Waals surface area contributed by atoms with Gasteiger partial charge in [-0.15, -0.1) is 22.7 Å². The number of fused-ring (bicyclic) bond motifs is 1. The van der Waals surface area contributed by atoms with Gasteiger partial charge in [0.15, 0.2) is 0 Å². The van der Waals surface area contributed by atoms with Crippen LogP contribution in [0, 0.1) is 0 Å². The molecule has 2 N–H and O–H groups in total. The number of aromatic nitrogens is 1. The Kier molecular flexibility index (Phi) is 2.89. The molecule has 0 aromatic carbocycles. The summed E-state index contributed by atoms with van der Waals surface area (Å²) < 4.78 is 5.25. The first-order valence-electron chi connectivity index (χ1n) is 6.74. The minimum atomic E-state index is 0.411. The Morgan fingerprint density at radius 2 is 2.10 bits per heavy atom. The Bertz CT molecular complexity index is 717. The molecule has 0 unspecified atom stereocenters. The van der Waals surface area contributed by atoms with Gasteiger partial charge in [-0.1, -0.05) is 11.2 Å². The topological polar surface area (TPSA) is 52.0 Å². The van der Waals surface area contributed by atoms with Crippen LogP contribution in [-0.4, -0.2) is 5.16 Å². The molecule has 0 atom stereocenters. The number of thiophene rings is 2. The molecular weight excluding hydrogens is 288 g/mol. The van der Waals surface area contributed by atoms with Gasteiger partial charge in [0.1, 0.15) is 5.69 Å². The van der Waals surface area contributed by atoms with Crippen molar-refractivity contribution >= 4 is 28.6 Å². The first-order chi connectivity index (χ1) is 9.83. The molecule has 0 spiro atoms. The predicted molar refractivity (Wildman–Crippen MR) is 84.2 cm³/mol. The maximum absolute atomic E-state index is 5.97. The van der Waals surface area contributed by atoms with Gasteiger partial charge in [-0.2, -0.15) is 0 Å². The van der Waals surface area contributed by atoms with E-state index in [2.05, 4.69) is 17.3 Å². The zero-order valence-electron chi connectivity index (χ0n) is 10.9. The normalized spacial score (nSPS) is 14.4. The molecule has 1 aliphatic carbocycles. The largest absolute Gasteiger partial charge is 0.367 e. The van der Waals surface area contributed by atoms with Crippen molar-refractivity contribution in [2.24, 2.45) is 0 Å². The molecule has 3 aromatic heterocycles. The Labute approximate surface area is 125 Å². The van der Waals surface area contributed by atoms with Crippen molar-refractivity contribution in [3.8, 4) is 21.0 Å². The number of nitrogens with two attached hydrogens (primary N) is 1. The first-order valence-corrected chi connectivity index (χ1v) is 8.43. The summed E-state index contributed by atoms with van der Waals surface area (Å²) in [6.45, 7) is 0. The van der Waals surface area contributed by atoms with E-state index in [1.54, 1.807) is 11.3 Å². The third kappa shape index (κ3) is 1.89. The first kappa shape index (κ1) is 12.2. The number of rotatable bonds is 2. The summed E-state index contributed by atoms with van der Waals surface area (Å²) in [7, 11) is 0. The fraction of sp³-hybridized carbons (Fsp3) is 0.267. The molecule has 0 aliphatic heterocycles. The van der Waals surface area contributed by atoms with Crippen LogP contribution in [0.3, 0.4) is 0 Å². The summed E-state index contributed by atoms with van der Waals surface area (Å²) in [5, 5.41) is 6.25. The second kappa shape index (κ2) is 4.75. The predicted octanol–water partition coefficient (Wildman–Crippen LogP) is 4.59. The van der Waals surface area contributed by atoms with E-state index in [1.165, 1.54) is 41.0 Å². The smallest absolute Gasteiger partial charge is 0.231 e. The van der Waals surface area contributed by atoms with Crippen molar-refractivity contribution in [1.29, 1.82) is 0 Å².